The van der Waals surface area contributed by atoms with E-state index < -0.39 is 0 Å². The Kier molecular flexibility index (Phi) is 6.04. The van der Waals surface area contributed by atoms with Gasteiger partial charge >= 0.3 is 5.63 Å². The molecule has 7 heteroatoms. The van der Waals surface area contributed by atoms with Crippen LogP contribution in [0.15, 0.2) is 45.7 Å². The zero-order chi connectivity index (χ0) is 22.0. The summed E-state index contributed by atoms with van der Waals surface area (Å²) in [5, 5.41) is 0.746. The highest BCUT2D eigenvalue weighted by atomic mass is 16.5. The Hall–Kier alpha value is -3.19. The van der Waals surface area contributed by atoms with Gasteiger partial charge in [0.1, 0.15) is 11.3 Å². The highest BCUT2D eigenvalue weighted by Crippen LogP contribution is 2.30. The van der Waals surface area contributed by atoms with E-state index in [1.807, 2.05) is 49.1 Å². The van der Waals surface area contributed by atoms with E-state index in [0.717, 1.165) is 41.8 Å². The Morgan fingerprint density at radius 3 is 2.58 bits per heavy atom. The van der Waals surface area contributed by atoms with Crippen LogP contribution < -0.4 is 10.4 Å². The maximum Gasteiger partial charge on any atom is 0.339 e. The Morgan fingerprint density at radius 2 is 1.87 bits per heavy atom. The van der Waals surface area contributed by atoms with E-state index >= 15 is 0 Å². The molecule has 0 spiro atoms. The van der Waals surface area contributed by atoms with Crippen molar-refractivity contribution in [2.75, 3.05) is 32.8 Å². The summed E-state index contributed by atoms with van der Waals surface area (Å²) in [6.07, 6.45) is 1.80. The van der Waals surface area contributed by atoms with Gasteiger partial charge in [-0.2, -0.15) is 0 Å². The number of aromatic nitrogens is 1. The van der Waals surface area contributed by atoms with Crippen molar-refractivity contribution in [3.05, 3.63) is 69.3 Å². The fraction of sp³-hybridized carbons (Fsp3) is 0.375. The number of carbonyl (C=O) groups excluding carboxylic acids is 1. The summed E-state index contributed by atoms with van der Waals surface area (Å²) >= 11 is 0. The standard InChI is InChI=1S/C24H27N3O4/c1-16-12-20(23-17(2)18(3)24(29)31-21(23)13-16)30-15-22(28)27-10-8-26(9-11-27)14-19-6-4-5-7-25-19/h4-7,12-13H,8-11,14-15H2,1-3H3. The number of hydrogen-bond acceptors (Lipinski definition) is 6. The van der Waals surface area contributed by atoms with Gasteiger partial charge in [-0.1, -0.05) is 6.07 Å². The molecule has 1 fully saturated rings. The molecule has 1 aromatic carbocycles. The predicted octanol–water partition coefficient (Wildman–Crippen LogP) is 2.84. The van der Waals surface area contributed by atoms with Crippen molar-refractivity contribution in [2.24, 2.45) is 0 Å². The molecule has 7 nitrogen and oxygen atoms in total. The molecule has 1 aliphatic heterocycles. The fourth-order valence-corrected chi connectivity index (χ4v) is 3.91. The van der Waals surface area contributed by atoms with E-state index in [1.54, 1.807) is 13.1 Å². The predicted molar refractivity (Wildman–Crippen MR) is 118 cm³/mol. The summed E-state index contributed by atoms with van der Waals surface area (Å²) in [6, 6.07) is 9.62. The number of fused-ring (bicyclic) bond motifs is 1. The van der Waals surface area contributed by atoms with E-state index in [1.165, 1.54) is 0 Å². The molecule has 0 saturated carbocycles. The molecule has 31 heavy (non-hydrogen) atoms. The van der Waals surface area contributed by atoms with Gasteiger partial charge in [0.05, 0.1) is 11.1 Å². The fourth-order valence-electron chi connectivity index (χ4n) is 3.91. The van der Waals surface area contributed by atoms with Crippen LogP contribution in [-0.2, 0) is 11.3 Å². The van der Waals surface area contributed by atoms with Crippen LogP contribution >= 0.6 is 0 Å². The summed E-state index contributed by atoms with van der Waals surface area (Å²) in [5.41, 5.74) is 3.45. The third-order valence-electron chi connectivity index (χ3n) is 5.84. The minimum Gasteiger partial charge on any atom is -0.483 e. The van der Waals surface area contributed by atoms with Gasteiger partial charge in [0.25, 0.3) is 5.91 Å². The van der Waals surface area contributed by atoms with E-state index in [0.29, 0.717) is 30.0 Å². The molecular weight excluding hydrogens is 394 g/mol. The number of piperazine rings is 1. The van der Waals surface area contributed by atoms with E-state index in [4.69, 9.17) is 9.15 Å². The van der Waals surface area contributed by atoms with Gasteiger partial charge < -0.3 is 14.1 Å². The van der Waals surface area contributed by atoms with Crippen molar-refractivity contribution >= 4 is 16.9 Å². The van der Waals surface area contributed by atoms with Crippen LogP contribution in [0.3, 0.4) is 0 Å². The van der Waals surface area contributed by atoms with Crippen molar-refractivity contribution in [2.45, 2.75) is 27.3 Å². The summed E-state index contributed by atoms with van der Waals surface area (Å²) in [6.45, 7) is 9.20. The molecule has 2 aromatic heterocycles. The lowest BCUT2D eigenvalue weighted by Gasteiger charge is -2.34. The number of rotatable bonds is 5. The van der Waals surface area contributed by atoms with E-state index in [9.17, 15) is 9.59 Å². The summed E-state index contributed by atoms with van der Waals surface area (Å²) in [5.74, 6) is 0.528. The number of nitrogens with zero attached hydrogens (tertiary/aromatic N) is 3. The van der Waals surface area contributed by atoms with Gasteiger partial charge in [0, 0.05) is 44.5 Å². The zero-order valence-electron chi connectivity index (χ0n) is 18.2. The average Bonchev–Trinajstić information content (AvgIpc) is 2.76. The average molecular weight is 421 g/mol. The Labute approximate surface area is 181 Å². The Bertz CT molecular complexity index is 1150. The molecular formula is C24H27N3O4. The topological polar surface area (TPSA) is 75.9 Å². The highest BCUT2D eigenvalue weighted by molar-refractivity contribution is 5.88. The van der Waals surface area contributed by atoms with Crippen LogP contribution in [0.1, 0.15) is 22.4 Å². The second kappa shape index (κ2) is 8.89. The molecule has 3 heterocycles. The Morgan fingerprint density at radius 1 is 1.10 bits per heavy atom. The largest absolute Gasteiger partial charge is 0.483 e. The molecule has 162 valence electrons. The first-order valence-electron chi connectivity index (χ1n) is 10.5. The molecule has 0 bridgehead atoms. The SMILES string of the molecule is Cc1cc(OCC(=O)N2CCN(Cc3ccccn3)CC2)c2c(C)c(C)c(=O)oc2c1. The van der Waals surface area contributed by atoms with Gasteiger partial charge in [0.2, 0.25) is 0 Å². The number of amides is 1. The molecule has 4 rings (SSSR count). The van der Waals surface area contributed by atoms with Crippen molar-refractivity contribution in [1.82, 2.24) is 14.8 Å². The maximum absolute atomic E-state index is 12.8. The van der Waals surface area contributed by atoms with Crippen LogP contribution in [0.4, 0.5) is 0 Å². The van der Waals surface area contributed by atoms with Crippen LogP contribution in [-0.4, -0.2) is 53.5 Å². The highest BCUT2D eigenvalue weighted by Gasteiger charge is 2.22. The Balaban J connectivity index is 1.40. The lowest BCUT2D eigenvalue weighted by Crippen LogP contribution is -2.49. The molecule has 0 atom stereocenters. The second-order valence-electron chi connectivity index (χ2n) is 8.04. The lowest BCUT2D eigenvalue weighted by atomic mass is 10.0. The van der Waals surface area contributed by atoms with Crippen molar-refractivity contribution < 1.29 is 13.9 Å². The lowest BCUT2D eigenvalue weighted by molar-refractivity contribution is -0.135. The third kappa shape index (κ3) is 4.61. The van der Waals surface area contributed by atoms with Crippen LogP contribution in [0.2, 0.25) is 0 Å². The molecule has 1 aliphatic rings. The smallest absolute Gasteiger partial charge is 0.339 e. The summed E-state index contributed by atoms with van der Waals surface area (Å²) in [7, 11) is 0. The first-order valence-corrected chi connectivity index (χ1v) is 10.5. The molecule has 0 N–H and O–H groups in total. The van der Waals surface area contributed by atoms with Crippen molar-refractivity contribution in [3.63, 3.8) is 0 Å². The molecule has 0 radical (unpaired) electrons. The van der Waals surface area contributed by atoms with Gasteiger partial charge in [-0.25, -0.2) is 4.79 Å². The quantitative estimate of drug-likeness (QED) is 0.590. The number of hydrogen-bond donors (Lipinski definition) is 0. The molecule has 0 aliphatic carbocycles. The maximum atomic E-state index is 12.8. The summed E-state index contributed by atoms with van der Waals surface area (Å²) < 4.78 is 11.4. The number of carbonyl (C=O) groups is 1. The van der Waals surface area contributed by atoms with Gasteiger partial charge in [-0.05, 0) is 56.2 Å². The zero-order valence-corrected chi connectivity index (χ0v) is 18.2. The summed E-state index contributed by atoms with van der Waals surface area (Å²) in [4.78, 5) is 33.3. The van der Waals surface area contributed by atoms with E-state index in [-0.39, 0.29) is 18.1 Å². The minimum absolute atomic E-state index is 0.0427. The third-order valence-corrected chi connectivity index (χ3v) is 5.84. The minimum atomic E-state index is -0.346. The van der Waals surface area contributed by atoms with Gasteiger partial charge in [-0.3, -0.25) is 14.7 Å². The van der Waals surface area contributed by atoms with Crippen LogP contribution in [0.5, 0.6) is 5.75 Å². The molecule has 3 aromatic rings. The number of benzene rings is 1. The first-order chi connectivity index (χ1) is 14.9. The van der Waals surface area contributed by atoms with E-state index in [2.05, 4.69) is 9.88 Å². The monoisotopic (exact) mass is 421 g/mol. The molecule has 1 amide bonds. The van der Waals surface area contributed by atoms with Gasteiger partial charge in [0.15, 0.2) is 6.61 Å². The van der Waals surface area contributed by atoms with Gasteiger partial charge in [-0.15, -0.1) is 0 Å². The number of pyridine rings is 1. The first kappa shape index (κ1) is 21.1. The second-order valence-corrected chi connectivity index (χ2v) is 8.04. The normalized spacial score (nSPS) is 14.7. The van der Waals surface area contributed by atoms with Crippen LogP contribution in [0, 0.1) is 20.8 Å². The number of aryl methyl sites for hydroxylation is 2. The molecule has 1 saturated heterocycles. The molecule has 0 unspecified atom stereocenters. The van der Waals surface area contributed by atoms with Crippen LogP contribution in [0.25, 0.3) is 11.0 Å². The van der Waals surface area contributed by atoms with Crippen molar-refractivity contribution in [3.8, 4) is 5.75 Å². The van der Waals surface area contributed by atoms with Crippen molar-refractivity contribution in [1.29, 1.82) is 0 Å². The number of ether oxygens (including phenoxy) is 1.